The van der Waals surface area contributed by atoms with Crippen molar-refractivity contribution in [3.05, 3.63) is 46.9 Å². The molecule has 1 aromatic heterocycles. The molecule has 0 spiro atoms. The molecule has 4 heteroatoms. The average Bonchev–Trinajstić information content (AvgIpc) is 2.32. The van der Waals surface area contributed by atoms with Gasteiger partial charge in [0.2, 0.25) is 0 Å². The Labute approximate surface area is 106 Å². The van der Waals surface area contributed by atoms with Gasteiger partial charge in [-0.25, -0.2) is 9.97 Å². The molecule has 2 N–H and O–H groups in total. The molecule has 0 amide bonds. The van der Waals surface area contributed by atoms with Crippen molar-refractivity contribution < 1.29 is 0 Å². The highest BCUT2D eigenvalue weighted by Gasteiger charge is 2.08. The van der Waals surface area contributed by atoms with E-state index in [2.05, 4.69) is 9.97 Å². The van der Waals surface area contributed by atoms with Crippen molar-refractivity contribution in [3.63, 3.8) is 0 Å². The van der Waals surface area contributed by atoms with E-state index in [4.69, 9.17) is 17.3 Å². The van der Waals surface area contributed by atoms with E-state index in [1.807, 2.05) is 37.4 Å². The molecule has 0 unspecified atom stereocenters. The minimum absolute atomic E-state index is 0.583. The van der Waals surface area contributed by atoms with Crippen LogP contribution in [0.25, 0.3) is 11.3 Å². The maximum absolute atomic E-state index is 6.00. The number of aromatic nitrogens is 2. The molecule has 3 nitrogen and oxygen atoms in total. The van der Waals surface area contributed by atoms with Crippen LogP contribution in [0.15, 0.2) is 30.5 Å². The second-order valence-electron chi connectivity index (χ2n) is 3.84. The molecule has 1 heterocycles. The van der Waals surface area contributed by atoms with Crippen LogP contribution in [0.4, 0.5) is 0 Å². The summed E-state index contributed by atoms with van der Waals surface area (Å²) in [5.41, 5.74) is 8.58. The average molecular weight is 248 g/mol. The third kappa shape index (κ3) is 2.81. The van der Waals surface area contributed by atoms with Crippen molar-refractivity contribution in [2.75, 3.05) is 6.54 Å². The molecule has 0 saturated carbocycles. The summed E-state index contributed by atoms with van der Waals surface area (Å²) in [5, 5.41) is 0.706. The fraction of sp³-hybridized carbons (Fsp3) is 0.231. The number of halogens is 1. The smallest absolute Gasteiger partial charge is 0.125 e. The van der Waals surface area contributed by atoms with E-state index in [1.54, 1.807) is 0 Å². The van der Waals surface area contributed by atoms with Gasteiger partial charge in [0.15, 0.2) is 0 Å². The van der Waals surface area contributed by atoms with Crippen molar-refractivity contribution in [1.29, 1.82) is 0 Å². The van der Waals surface area contributed by atoms with Crippen molar-refractivity contribution in [1.82, 2.24) is 9.97 Å². The molecular formula is C13H14ClN3. The molecule has 0 aliphatic carbocycles. The Morgan fingerprint density at radius 3 is 2.88 bits per heavy atom. The molecule has 0 saturated heterocycles. The van der Waals surface area contributed by atoms with Gasteiger partial charge in [0.1, 0.15) is 5.82 Å². The number of rotatable bonds is 3. The van der Waals surface area contributed by atoms with E-state index >= 15 is 0 Å². The summed E-state index contributed by atoms with van der Waals surface area (Å²) in [6.45, 7) is 2.46. The lowest BCUT2D eigenvalue weighted by atomic mass is 10.1. The number of benzene rings is 1. The van der Waals surface area contributed by atoms with Crippen molar-refractivity contribution in [3.8, 4) is 11.3 Å². The predicted octanol–water partition coefficient (Wildman–Crippen LogP) is 2.61. The van der Waals surface area contributed by atoms with Crippen LogP contribution >= 0.6 is 11.6 Å². The van der Waals surface area contributed by atoms with Crippen LogP contribution in [0, 0.1) is 6.92 Å². The summed E-state index contributed by atoms with van der Waals surface area (Å²) < 4.78 is 0. The molecule has 0 atom stereocenters. The number of nitrogens with zero attached hydrogens (tertiary/aromatic N) is 2. The largest absolute Gasteiger partial charge is 0.330 e. The highest BCUT2D eigenvalue weighted by molar-refractivity contribution is 6.30. The molecule has 0 aliphatic heterocycles. The first-order chi connectivity index (χ1) is 8.20. The monoisotopic (exact) mass is 247 g/mol. The fourth-order valence-corrected chi connectivity index (χ4v) is 1.91. The molecule has 1 aromatic carbocycles. The Balaban J connectivity index is 2.52. The molecule has 88 valence electrons. The second-order valence-corrected chi connectivity index (χ2v) is 4.28. The number of hydrogen-bond donors (Lipinski definition) is 1. The Hall–Kier alpha value is -1.45. The summed E-state index contributed by atoms with van der Waals surface area (Å²) in [6.07, 6.45) is 2.60. The molecule has 17 heavy (non-hydrogen) atoms. The van der Waals surface area contributed by atoms with Crippen LogP contribution in [0.3, 0.4) is 0 Å². The van der Waals surface area contributed by atoms with Crippen LogP contribution in [-0.2, 0) is 6.42 Å². The van der Waals surface area contributed by atoms with E-state index in [1.165, 1.54) is 0 Å². The zero-order valence-electron chi connectivity index (χ0n) is 9.65. The maximum Gasteiger partial charge on any atom is 0.125 e. The molecule has 0 bridgehead atoms. The maximum atomic E-state index is 6.00. The van der Waals surface area contributed by atoms with Gasteiger partial charge in [-0.1, -0.05) is 23.7 Å². The summed E-state index contributed by atoms with van der Waals surface area (Å²) in [4.78, 5) is 8.68. The molecule has 0 radical (unpaired) electrons. The van der Waals surface area contributed by atoms with E-state index in [-0.39, 0.29) is 0 Å². The van der Waals surface area contributed by atoms with Crippen LogP contribution in [-0.4, -0.2) is 16.5 Å². The van der Waals surface area contributed by atoms with Crippen LogP contribution in [0.5, 0.6) is 0 Å². The molecule has 2 rings (SSSR count). The highest BCUT2D eigenvalue weighted by atomic mass is 35.5. The van der Waals surface area contributed by atoms with Gasteiger partial charge < -0.3 is 5.73 Å². The first kappa shape index (κ1) is 12.0. The van der Waals surface area contributed by atoms with E-state index in [0.29, 0.717) is 11.6 Å². The number of nitrogens with two attached hydrogens (primary N) is 1. The van der Waals surface area contributed by atoms with Gasteiger partial charge >= 0.3 is 0 Å². The van der Waals surface area contributed by atoms with E-state index in [9.17, 15) is 0 Å². The minimum Gasteiger partial charge on any atom is -0.330 e. The highest BCUT2D eigenvalue weighted by Crippen LogP contribution is 2.24. The van der Waals surface area contributed by atoms with Gasteiger partial charge in [-0.3, -0.25) is 0 Å². The molecular weight excluding hydrogens is 234 g/mol. The van der Waals surface area contributed by atoms with Crippen LogP contribution in [0.1, 0.15) is 11.4 Å². The lowest BCUT2D eigenvalue weighted by molar-refractivity contribution is 0.929. The SMILES string of the molecule is Cc1ncc(CCN)c(-c2cccc(Cl)c2)n1. The zero-order valence-corrected chi connectivity index (χ0v) is 10.4. The van der Waals surface area contributed by atoms with Gasteiger partial charge in [0.25, 0.3) is 0 Å². The Morgan fingerprint density at radius 2 is 2.18 bits per heavy atom. The van der Waals surface area contributed by atoms with E-state index < -0.39 is 0 Å². The summed E-state index contributed by atoms with van der Waals surface area (Å²) in [7, 11) is 0. The lowest BCUT2D eigenvalue weighted by Crippen LogP contribution is -2.06. The summed E-state index contributed by atoms with van der Waals surface area (Å²) in [6, 6.07) is 7.67. The number of hydrogen-bond acceptors (Lipinski definition) is 3. The first-order valence-corrected chi connectivity index (χ1v) is 5.87. The Kier molecular flexibility index (Phi) is 3.71. The van der Waals surface area contributed by atoms with Gasteiger partial charge in [0, 0.05) is 16.8 Å². The van der Waals surface area contributed by atoms with Crippen LogP contribution in [0.2, 0.25) is 5.02 Å². The van der Waals surface area contributed by atoms with Gasteiger partial charge in [0.05, 0.1) is 5.69 Å². The van der Waals surface area contributed by atoms with Crippen molar-refractivity contribution >= 4 is 11.6 Å². The van der Waals surface area contributed by atoms with Gasteiger partial charge in [-0.05, 0) is 37.6 Å². The quantitative estimate of drug-likeness (QED) is 0.907. The topological polar surface area (TPSA) is 51.8 Å². The third-order valence-electron chi connectivity index (χ3n) is 2.50. The standard InChI is InChI=1S/C13H14ClN3/c1-9-16-8-11(5-6-15)13(17-9)10-3-2-4-12(14)7-10/h2-4,7-8H,5-6,15H2,1H3. The predicted molar refractivity (Wildman–Crippen MR) is 70.0 cm³/mol. The minimum atomic E-state index is 0.583. The van der Waals surface area contributed by atoms with E-state index in [0.717, 1.165) is 29.1 Å². The van der Waals surface area contributed by atoms with Crippen molar-refractivity contribution in [2.45, 2.75) is 13.3 Å². The van der Waals surface area contributed by atoms with Crippen LogP contribution < -0.4 is 5.73 Å². The summed E-state index contributed by atoms with van der Waals surface area (Å²) >= 11 is 6.00. The number of aryl methyl sites for hydroxylation is 1. The van der Waals surface area contributed by atoms with Crippen molar-refractivity contribution in [2.24, 2.45) is 5.73 Å². The normalized spacial score (nSPS) is 10.5. The Morgan fingerprint density at radius 1 is 1.35 bits per heavy atom. The van der Waals surface area contributed by atoms with Gasteiger partial charge in [-0.15, -0.1) is 0 Å². The Bertz CT molecular complexity index is 526. The van der Waals surface area contributed by atoms with Gasteiger partial charge in [-0.2, -0.15) is 0 Å². The zero-order chi connectivity index (χ0) is 12.3. The molecule has 0 aliphatic rings. The first-order valence-electron chi connectivity index (χ1n) is 5.49. The summed E-state index contributed by atoms with van der Waals surface area (Å²) in [5.74, 6) is 0.751. The molecule has 0 fully saturated rings. The fourth-order valence-electron chi connectivity index (χ4n) is 1.72. The third-order valence-corrected chi connectivity index (χ3v) is 2.73. The lowest BCUT2D eigenvalue weighted by Gasteiger charge is -2.08. The molecule has 2 aromatic rings. The second kappa shape index (κ2) is 5.25.